The Kier molecular flexibility index (Phi) is 3.53. The van der Waals surface area contributed by atoms with Gasteiger partial charge in [0.25, 0.3) is 0 Å². The van der Waals surface area contributed by atoms with Crippen LogP contribution in [0.4, 0.5) is 5.82 Å². The fraction of sp³-hybridized carbons (Fsp3) is 0.333. The van der Waals surface area contributed by atoms with Crippen molar-refractivity contribution < 1.29 is 9.90 Å². The van der Waals surface area contributed by atoms with Crippen LogP contribution in [0.25, 0.3) is 10.8 Å². The largest absolute Gasteiger partial charge is 0.478 e. The monoisotopic (exact) mass is 288 g/mol. The molecule has 1 fully saturated rings. The van der Waals surface area contributed by atoms with Gasteiger partial charge in [-0.2, -0.15) is 11.8 Å². The van der Waals surface area contributed by atoms with Crippen molar-refractivity contribution in [3.8, 4) is 0 Å². The first kappa shape index (κ1) is 13.2. The maximum Gasteiger partial charge on any atom is 0.337 e. The zero-order valence-electron chi connectivity index (χ0n) is 11.2. The summed E-state index contributed by atoms with van der Waals surface area (Å²) in [5.74, 6) is 1.05. The van der Waals surface area contributed by atoms with Crippen LogP contribution in [0.3, 0.4) is 0 Å². The van der Waals surface area contributed by atoms with E-state index in [0.717, 1.165) is 35.4 Å². The molecule has 0 amide bonds. The summed E-state index contributed by atoms with van der Waals surface area (Å²) in [7, 11) is 0. The molecule has 1 aromatic carbocycles. The highest BCUT2D eigenvalue weighted by atomic mass is 32.2. The molecule has 4 nitrogen and oxygen atoms in total. The lowest BCUT2D eigenvalue weighted by molar-refractivity contribution is 0.0698. The molecular weight excluding hydrogens is 272 g/mol. The van der Waals surface area contributed by atoms with Gasteiger partial charge in [-0.25, -0.2) is 9.78 Å². The number of hydrogen-bond donors (Lipinski definition) is 1. The number of carboxylic acids is 1. The van der Waals surface area contributed by atoms with Crippen molar-refractivity contribution in [2.24, 2.45) is 0 Å². The van der Waals surface area contributed by atoms with Gasteiger partial charge in [0.15, 0.2) is 0 Å². The first-order valence-corrected chi connectivity index (χ1v) is 7.69. The third-order valence-corrected chi connectivity index (χ3v) is 4.68. The zero-order valence-corrected chi connectivity index (χ0v) is 12.1. The quantitative estimate of drug-likeness (QED) is 0.921. The number of aromatic nitrogens is 1. The van der Waals surface area contributed by atoms with Gasteiger partial charge >= 0.3 is 5.97 Å². The Morgan fingerprint density at radius 1 is 1.40 bits per heavy atom. The Bertz CT molecular complexity index is 659. The molecule has 1 N–H and O–H groups in total. The summed E-state index contributed by atoms with van der Waals surface area (Å²) in [6, 6.07) is 7.61. The van der Waals surface area contributed by atoms with Gasteiger partial charge in [0.2, 0.25) is 0 Å². The molecule has 1 atom stereocenters. The molecule has 0 spiro atoms. The summed E-state index contributed by atoms with van der Waals surface area (Å²) in [6.07, 6.45) is 1.48. The molecule has 1 aromatic heterocycles. The summed E-state index contributed by atoms with van der Waals surface area (Å²) < 4.78 is 0. The van der Waals surface area contributed by atoms with Crippen LogP contribution in [0.2, 0.25) is 0 Å². The summed E-state index contributed by atoms with van der Waals surface area (Å²) in [5.41, 5.74) is 0.267. The van der Waals surface area contributed by atoms with E-state index in [4.69, 9.17) is 0 Å². The Hall–Kier alpha value is -1.75. The molecule has 0 aliphatic carbocycles. The van der Waals surface area contributed by atoms with Gasteiger partial charge in [-0.3, -0.25) is 0 Å². The molecule has 2 aromatic rings. The van der Waals surface area contributed by atoms with Gasteiger partial charge < -0.3 is 10.0 Å². The van der Waals surface area contributed by atoms with Crippen molar-refractivity contribution >= 4 is 34.3 Å². The van der Waals surface area contributed by atoms with Crippen LogP contribution in [0.1, 0.15) is 17.3 Å². The number of carbonyl (C=O) groups is 1. The van der Waals surface area contributed by atoms with Crippen molar-refractivity contribution in [2.75, 3.05) is 23.7 Å². The molecule has 104 valence electrons. The number of thioether (sulfide) groups is 1. The molecular formula is C15H16N2O2S. The van der Waals surface area contributed by atoms with Gasteiger partial charge in [0.1, 0.15) is 5.82 Å². The zero-order chi connectivity index (χ0) is 14.1. The number of anilines is 1. The van der Waals surface area contributed by atoms with Crippen LogP contribution in [0.5, 0.6) is 0 Å². The molecule has 0 bridgehead atoms. The van der Waals surface area contributed by atoms with Gasteiger partial charge in [0.05, 0.1) is 5.56 Å². The molecule has 2 heterocycles. The molecule has 0 saturated carbocycles. The number of rotatable bonds is 2. The molecule has 1 aliphatic heterocycles. The van der Waals surface area contributed by atoms with E-state index < -0.39 is 5.97 Å². The van der Waals surface area contributed by atoms with E-state index in [2.05, 4.69) is 16.8 Å². The highest BCUT2D eigenvalue weighted by Gasteiger charge is 2.21. The lowest BCUT2D eigenvalue weighted by Gasteiger charge is -2.32. The average Bonchev–Trinajstić information content (AvgIpc) is 2.46. The second-order valence-electron chi connectivity index (χ2n) is 4.97. The lowest BCUT2D eigenvalue weighted by atomic mass is 10.1. The SMILES string of the molecule is CC1CN(c2ncc(C(=O)O)c3ccccc23)CCS1. The number of carboxylic acid groups (broad SMARTS) is 1. The van der Waals surface area contributed by atoms with Gasteiger partial charge in [-0.05, 0) is 0 Å². The summed E-state index contributed by atoms with van der Waals surface area (Å²) in [4.78, 5) is 18.0. The standard InChI is InChI=1S/C15H16N2O2S/c1-10-9-17(6-7-20-10)14-12-5-3-2-4-11(12)13(8-16-14)15(18)19/h2-5,8,10H,6-7,9H2,1H3,(H,18,19). The van der Waals surface area contributed by atoms with E-state index in [1.54, 1.807) is 0 Å². The van der Waals surface area contributed by atoms with Crippen molar-refractivity contribution in [2.45, 2.75) is 12.2 Å². The Labute approximate surface area is 121 Å². The van der Waals surface area contributed by atoms with Crippen molar-refractivity contribution in [3.63, 3.8) is 0 Å². The van der Waals surface area contributed by atoms with E-state index >= 15 is 0 Å². The highest BCUT2D eigenvalue weighted by molar-refractivity contribution is 8.00. The maximum atomic E-state index is 11.3. The Balaban J connectivity index is 2.12. The van der Waals surface area contributed by atoms with Crippen LogP contribution < -0.4 is 4.90 Å². The number of nitrogens with zero attached hydrogens (tertiary/aromatic N) is 2. The average molecular weight is 288 g/mol. The number of benzene rings is 1. The Morgan fingerprint density at radius 3 is 2.85 bits per heavy atom. The minimum Gasteiger partial charge on any atom is -0.478 e. The minimum absolute atomic E-state index is 0.267. The fourth-order valence-electron chi connectivity index (χ4n) is 2.61. The molecule has 20 heavy (non-hydrogen) atoms. The summed E-state index contributed by atoms with van der Waals surface area (Å²) in [6.45, 7) is 4.12. The summed E-state index contributed by atoms with van der Waals surface area (Å²) in [5, 5.41) is 11.5. The number of aromatic carboxylic acids is 1. The molecule has 0 radical (unpaired) electrons. The van der Waals surface area contributed by atoms with E-state index in [9.17, 15) is 9.90 Å². The van der Waals surface area contributed by atoms with E-state index in [1.807, 2.05) is 36.0 Å². The van der Waals surface area contributed by atoms with Crippen LogP contribution in [-0.2, 0) is 0 Å². The summed E-state index contributed by atoms with van der Waals surface area (Å²) >= 11 is 1.97. The molecule has 1 unspecified atom stereocenters. The second kappa shape index (κ2) is 5.32. The second-order valence-corrected chi connectivity index (χ2v) is 6.52. The van der Waals surface area contributed by atoms with Crippen LogP contribution >= 0.6 is 11.8 Å². The first-order chi connectivity index (χ1) is 9.66. The highest BCUT2D eigenvalue weighted by Crippen LogP contribution is 2.30. The van der Waals surface area contributed by atoms with Crippen LogP contribution in [0.15, 0.2) is 30.5 Å². The predicted molar refractivity (Wildman–Crippen MR) is 82.8 cm³/mol. The van der Waals surface area contributed by atoms with E-state index in [0.29, 0.717) is 5.25 Å². The van der Waals surface area contributed by atoms with E-state index in [-0.39, 0.29) is 5.56 Å². The van der Waals surface area contributed by atoms with Crippen molar-refractivity contribution in [1.29, 1.82) is 0 Å². The van der Waals surface area contributed by atoms with Crippen molar-refractivity contribution in [1.82, 2.24) is 4.98 Å². The predicted octanol–water partition coefficient (Wildman–Crippen LogP) is 2.87. The van der Waals surface area contributed by atoms with Crippen LogP contribution in [0, 0.1) is 0 Å². The topological polar surface area (TPSA) is 53.4 Å². The van der Waals surface area contributed by atoms with Crippen molar-refractivity contribution in [3.05, 3.63) is 36.0 Å². The molecule has 1 aliphatic rings. The first-order valence-electron chi connectivity index (χ1n) is 6.64. The molecule has 3 rings (SSSR count). The van der Waals surface area contributed by atoms with Crippen LogP contribution in [-0.4, -0.2) is 40.2 Å². The van der Waals surface area contributed by atoms with Gasteiger partial charge in [0, 0.05) is 41.1 Å². The maximum absolute atomic E-state index is 11.3. The van der Waals surface area contributed by atoms with E-state index in [1.165, 1.54) is 6.20 Å². The number of pyridine rings is 1. The molecule has 1 saturated heterocycles. The third-order valence-electron chi connectivity index (χ3n) is 3.55. The lowest BCUT2D eigenvalue weighted by Crippen LogP contribution is -2.37. The number of hydrogen-bond acceptors (Lipinski definition) is 4. The molecule has 5 heteroatoms. The fourth-order valence-corrected chi connectivity index (χ4v) is 3.62. The normalized spacial score (nSPS) is 19.2. The minimum atomic E-state index is -0.928. The van der Waals surface area contributed by atoms with Gasteiger partial charge in [-0.1, -0.05) is 31.2 Å². The number of fused-ring (bicyclic) bond motifs is 1. The van der Waals surface area contributed by atoms with Gasteiger partial charge in [-0.15, -0.1) is 0 Å². The third kappa shape index (κ3) is 2.33. The Morgan fingerprint density at radius 2 is 2.15 bits per heavy atom. The smallest absolute Gasteiger partial charge is 0.337 e.